The first-order chi connectivity index (χ1) is 10.0. The van der Waals surface area contributed by atoms with E-state index in [1.165, 1.54) is 19.3 Å². The second-order valence-electron chi connectivity index (χ2n) is 5.20. The molecule has 1 fully saturated rings. The number of hydrogen-bond donors (Lipinski definition) is 1. The van der Waals surface area contributed by atoms with Gasteiger partial charge in [0.25, 0.3) is 0 Å². The molecule has 0 spiro atoms. The summed E-state index contributed by atoms with van der Waals surface area (Å²) >= 11 is 0. The lowest BCUT2D eigenvalue weighted by Crippen LogP contribution is -2.33. The van der Waals surface area contributed by atoms with Crippen molar-refractivity contribution in [3.63, 3.8) is 0 Å². The molecule has 0 radical (unpaired) electrons. The Kier molecular flexibility index (Phi) is 5.66. The van der Waals surface area contributed by atoms with Gasteiger partial charge in [-0.05, 0) is 51.0 Å². The van der Waals surface area contributed by atoms with Crippen molar-refractivity contribution in [2.45, 2.75) is 30.6 Å². The molecule has 2 rings (SSSR count). The number of nitrogens with one attached hydrogen (secondary N) is 1. The highest BCUT2D eigenvalue weighted by molar-refractivity contribution is 7.89. The third-order valence-corrected chi connectivity index (χ3v) is 5.09. The third-order valence-electron chi connectivity index (χ3n) is 3.58. The molecule has 1 heterocycles. The highest BCUT2D eigenvalue weighted by Crippen LogP contribution is 2.17. The van der Waals surface area contributed by atoms with Gasteiger partial charge in [0.2, 0.25) is 10.0 Å². The summed E-state index contributed by atoms with van der Waals surface area (Å²) in [7, 11) is -4.14. The van der Waals surface area contributed by atoms with E-state index in [2.05, 4.69) is 9.62 Å². The molecule has 0 amide bonds. The van der Waals surface area contributed by atoms with E-state index in [0.717, 1.165) is 37.8 Å². The highest BCUT2D eigenvalue weighted by Gasteiger charge is 2.23. The molecule has 1 saturated heterocycles. The number of hydrogen-bond acceptors (Lipinski definition) is 3. The van der Waals surface area contributed by atoms with E-state index in [-0.39, 0.29) is 6.54 Å². The molecular weight excluding hydrogens is 298 g/mol. The Labute approximate surface area is 124 Å². The minimum Gasteiger partial charge on any atom is -0.303 e. The number of benzene rings is 1. The maximum atomic E-state index is 13.5. The predicted octanol–water partition coefficient (Wildman–Crippen LogP) is 2.12. The summed E-state index contributed by atoms with van der Waals surface area (Å²) < 4.78 is 53.1. The van der Waals surface area contributed by atoms with Crippen LogP contribution in [0.5, 0.6) is 0 Å². The Morgan fingerprint density at radius 3 is 2.33 bits per heavy atom. The van der Waals surface area contributed by atoms with Crippen LogP contribution in [0.3, 0.4) is 0 Å². The van der Waals surface area contributed by atoms with Gasteiger partial charge in [0.1, 0.15) is 11.6 Å². The Bertz CT molecular complexity index is 552. The average Bonchev–Trinajstić information content (AvgIpc) is 2.44. The van der Waals surface area contributed by atoms with Crippen LogP contribution in [-0.4, -0.2) is 39.5 Å². The first kappa shape index (κ1) is 16.3. The van der Waals surface area contributed by atoms with E-state index in [1.807, 2.05) is 0 Å². The maximum absolute atomic E-state index is 13.5. The fraction of sp³-hybridized carbons (Fsp3) is 0.571. The van der Waals surface area contributed by atoms with Crippen molar-refractivity contribution in [1.29, 1.82) is 0 Å². The molecule has 0 saturated carbocycles. The molecule has 1 aromatic carbocycles. The monoisotopic (exact) mass is 318 g/mol. The molecule has 1 aliphatic heterocycles. The molecule has 1 N–H and O–H groups in total. The lowest BCUT2D eigenvalue weighted by atomic mass is 10.1. The third kappa shape index (κ3) is 4.46. The van der Waals surface area contributed by atoms with E-state index in [1.54, 1.807) is 0 Å². The van der Waals surface area contributed by atoms with E-state index in [4.69, 9.17) is 0 Å². The van der Waals surface area contributed by atoms with Crippen LogP contribution in [0.1, 0.15) is 25.7 Å². The smallest absolute Gasteiger partial charge is 0.246 e. The molecule has 0 aliphatic carbocycles. The van der Waals surface area contributed by atoms with Crippen LogP contribution in [0.15, 0.2) is 23.1 Å². The van der Waals surface area contributed by atoms with E-state index < -0.39 is 26.6 Å². The van der Waals surface area contributed by atoms with Gasteiger partial charge in [0.15, 0.2) is 4.90 Å². The molecule has 0 aromatic heterocycles. The van der Waals surface area contributed by atoms with Gasteiger partial charge < -0.3 is 4.90 Å². The van der Waals surface area contributed by atoms with Gasteiger partial charge in [-0.25, -0.2) is 21.9 Å². The highest BCUT2D eigenvalue weighted by atomic mass is 32.2. The van der Waals surface area contributed by atoms with Crippen LogP contribution >= 0.6 is 0 Å². The van der Waals surface area contributed by atoms with Gasteiger partial charge in [0.05, 0.1) is 0 Å². The van der Waals surface area contributed by atoms with Crippen molar-refractivity contribution >= 4 is 10.0 Å². The predicted molar refractivity (Wildman–Crippen MR) is 76.5 cm³/mol. The standard InChI is InChI=1S/C14H20F2N2O2S/c15-12-6-4-7-13(16)14(12)21(19,20)17-8-5-11-18-9-2-1-3-10-18/h4,6-7,17H,1-3,5,8-11H2. The van der Waals surface area contributed by atoms with Crippen LogP contribution in [0, 0.1) is 11.6 Å². The van der Waals surface area contributed by atoms with Crippen molar-refractivity contribution < 1.29 is 17.2 Å². The Morgan fingerprint density at radius 1 is 1.10 bits per heavy atom. The average molecular weight is 318 g/mol. The Hall–Kier alpha value is -1.05. The number of sulfonamides is 1. The van der Waals surface area contributed by atoms with Crippen molar-refractivity contribution in [3.8, 4) is 0 Å². The van der Waals surface area contributed by atoms with Crippen molar-refractivity contribution in [1.82, 2.24) is 9.62 Å². The SMILES string of the molecule is O=S(=O)(NCCCN1CCCCC1)c1c(F)cccc1F. The van der Waals surface area contributed by atoms with Crippen LogP contribution in [-0.2, 0) is 10.0 Å². The zero-order valence-corrected chi connectivity index (χ0v) is 12.6. The fourth-order valence-electron chi connectivity index (χ4n) is 2.50. The quantitative estimate of drug-likeness (QED) is 0.818. The van der Waals surface area contributed by atoms with E-state index in [0.29, 0.717) is 6.42 Å². The maximum Gasteiger partial charge on any atom is 0.246 e. The molecule has 1 aromatic rings. The summed E-state index contributed by atoms with van der Waals surface area (Å²) in [5.74, 6) is -2.14. The summed E-state index contributed by atoms with van der Waals surface area (Å²) in [5, 5.41) is 0. The van der Waals surface area contributed by atoms with Crippen molar-refractivity contribution in [2.75, 3.05) is 26.2 Å². The number of piperidine rings is 1. The van der Waals surface area contributed by atoms with Crippen molar-refractivity contribution in [2.24, 2.45) is 0 Å². The van der Waals surface area contributed by atoms with Crippen LogP contribution in [0.4, 0.5) is 8.78 Å². The van der Waals surface area contributed by atoms with Gasteiger partial charge in [-0.15, -0.1) is 0 Å². The van der Waals surface area contributed by atoms with Gasteiger partial charge in [-0.2, -0.15) is 0 Å². The summed E-state index contributed by atoms with van der Waals surface area (Å²) in [6, 6.07) is 3.01. The molecule has 0 bridgehead atoms. The van der Waals surface area contributed by atoms with Gasteiger partial charge >= 0.3 is 0 Å². The largest absolute Gasteiger partial charge is 0.303 e. The minimum absolute atomic E-state index is 0.173. The summed E-state index contributed by atoms with van der Waals surface area (Å²) in [6.45, 7) is 3.04. The van der Waals surface area contributed by atoms with Crippen LogP contribution in [0.2, 0.25) is 0 Å². The molecule has 1 aliphatic rings. The fourth-order valence-corrected chi connectivity index (χ4v) is 3.71. The molecule has 118 valence electrons. The molecular formula is C14H20F2N2O2S. The Morgan fingerprint density at radius 2 is 1.71 bits per heavy atom. The number of rotatable bonds is 6. The molecule has 0 atom stereocenters. The zero-order chi connectivity index (χ0) is 15.3. The number of nitrogens with zero attached hydrogens (tertiary/aromatic N) is 1. The van der Waals surface area contributed by atoms with Gasteiger partial charge in [-0.3, -0.25) is 0 Å². The molecule has 7 heteroatoms. The summed E-state index contributed by atoms with van der Waals surface area (Å²) in [4.78, 5) is 1.38. The zero-order valence-electron chi connectivity index (χ0n) is 11.8. The molecule has 0 unspecified atom stereocenters. The Balaban J connectivity index is 1.86. The molecule has 21 heavy (non-hydrogen) atoms. The lowest BCUT2D eigenvalue weighted by molar-refractivity contribution is 0.227. The normalized spacial score (nSPS) is 17.0. The number of likely N-dealkylation sites (tertiary alicyclic amines) is 1. The topological polar surface area (TPSA) is 49.4 Å². The van der Waals surface area contributed by atoms with Crippen LogP contribution in [0.25, 0.3) is 0 Å². The van der Waals surface area contributed by atoms with Gasteiger partial charge in [0, 0.05) is 6.54 Å². The summed E-state index contributed by atoms with van der Waals surface area (Å²) in [5.41, 5.74) is 0. The van der Waals surface area contributed by atoms with E-state index >= 15 is 0 Å². The number of halogens is 2. The second kappa shape index (κ2) is 7.29. The van der Waals surface area contributed by atoms with Crippen molar-refractivity contribution in [3.05, 3.63) is 29.8 Å². The van der Waals surface area contributed by atoms with Crippen LogP contribution < -0.4 is 4.72 Å². The second-order valence-corrected chi connectivity index (χ2v) is 6.91. The van der Waals surface area contributed by atoms with Gasteiger partial charge in [-0.1, -0.05) is 12.5 Å². The first-order valence-electron chi connectivity index (χ1n) is 7.17. The molecule has 4 nitrogen and oxygen atoms in total. The minimum atomic E-state index is -4.14. The summed E-state index contributed by atoms with van der Waals surface area (Å²) in [6.07, 6.45) is 4.21. The lowest BCUT2D eigenvalue weighted by Gasteiger charge is -2.26. The van der Waals surface area contributed by atoms with E-state index in [9.17, 15) is 17.2 Å². The first-order valence-corrected chi connectivity index (χ1v) is 8.65.